The van der Waals surface area contributed by atoms with Gasteiger partial charge in [-0.1, -0.05) is 6.07 Å². The quantitative estimate of drug-likeness (QED) is 0.125. The van der Waals surface area contributed by atoms with Crippen LogP contribution in [0.15, 0.2) is 61.3 Å². The number of anilines is 2. The summed E-state index contributed by atoms with van der Waals surface area (Å²) in [6.45, 7) is 7.00. The normalized spacial score (nSPS) is 20.8. The molecule has 0 spiro atoms. The Labute approximate surface area is 330 Å². The van der Waals surface area contributed by atoms with Crippen LogP contribution in [-0.2, 0) is 14.4 Å². The molecule has 15 heteroatoms. The fourth-order valence-electron chi connectivity index (χ4n) is 8.72. The van der Waals surface area contributed by atoms with Crippen molar-refractivity contribution in [3.8, 4) is 11.5 Å². The molecule has 1 atom stereocenters. The maximum Gasteiger partial charge on any atom is 0.261 e. The summed E-state index contributed by atoms with van der Waals surface area (Å²) in [4.78, 5) is 63.3. The number of hydrogen-bond acceptors (Lipinski definition) is 10. The predicted molar refractivity (Wildman–Crippen MR) is 213 cm³/mol. The van der Waals surface area contributed by atoms with Gasteiger partial charge in [-0.05, 0) is 107 Å². The average molecular weight is 776 g/mol. The van der Waals surface area contributed by atoms with E-state index in [-0.39, 0.29) is 30.8 Å². The molecule has 15 nitrogen and oxygen atoms in total. The van der Waals surface area contributed by atoms with E-state index in [0.717, 1.165) is 75.1 Å². The van der Waals surface area contributed by atoms with Gasteiger partial charge in [-0.3, -0.25) is 29.4 Å². The molecule has 1 aromatic carbocycles. The van der Waals surface area contributed by atoms with Gasteiger partial charge in [-0.2, -0.15) is 5.10 Å². The van der Waals surface area contributed by atoms with Gasteiger partial charge in [-0.15, -0.1) is 0 Å². The lowest BCUT2D eigenvalue weighted by Gasteiger charge is -2.37. The number of pyridine rings is 1. The van der Waals surface area contributed by atoms with Gasteiger partial charge < -0.3 is 24.1 Å². The summed E-state index contributed by atoms with van der Waals surface area (Å²) in [6, 6.07) is 8.77. The van der Waals surface area contributed by atoms with Gasteiger partial charge in [0.1, 0.15) is 28.9 Å². The minimum Gasteiger partial charge on any atom is -0.495 e. The standard InChI is InChI=1S/C42H49N9O6/c1-26(2)57-36-20-38-45-33(24-49(38)23-31(36)41(54)46-32-21-44-51-16-4-15-43-40(32)51)29-7-5-27(6-8-29)22-48-17-13-28(14-18-48)30-9-10-34(37(19-30)56-3)50(25-52)35-11-12-39(53)47-42(35)55/h4,9-10,15-16,19-21,23-29,35H,5-8,11-14,17-18,22H2,1-3H3,(H,46,54)(H,47,53,55). The van der Waals surface area contributed by atoms with Crippen molar-refractivity contribution in [3.63, 3.8) is 0 Å². The first-order chi connectivity index (χ1) is 27.7. The van der Waals surface area contributed by atoms with Crippen molar-refractivity contribution in [1.29, 1.82) is 0 Å². The van der Waals surface area contributed by atoms with Crippen molar-refractivity contribution < 1.29 is 28.7 Å². The number of carbonyl (C=O) groups is 4. The Morgan fingerprint density at radius 1 is 1.04 bits per heavy atom. The molecule has 1 aliphatic carbocycles. The minimum absolute atomic E-state index is 0.127. The molecule has 4 aromatic heterocycles. The van der Waals surface area contributed by atoms with Crippen LogP contribution in [0.4, 0.5) is 11.4 Å². The van der Waals surface area contributed by atoms with E-state index in [1.54, 1.807) is 42.5 Å². The number of ether oxygens (including phenoxy) is 2. The molecule has 298 valence electrons. The van der Waals surface area contributed by atoms with Crippen molar-refractivity contribution in [2.24, 2.45) is 5.92 Å². The van der Waals surface area contributed by atoms with Crippen molar-refractivity contribution in [2.75, 3.05) is 37.0 Å². The van der Waals surface area contributed by atoms with E-state index in [0.29, 0.717) is 58.2 Å². The number of fused-ring (bicyclic) bond motifs is 2. The van der Waals surface area contributed by atoms with Crippen LogP contribution in [0.25, 0.3) is 11.3 Å². The number of rotatable bonds is 12. The van der Waals surface area contributed by atoms with E-state index >= 15 is 0 Å². The third-order valence-electron chi connectivity index (χ3n) is 11.7. The number of methoxy groups -OCH3 is 1. The second-order valence-electron chi connectivity index (χ2n) is 15.8. The third-order valence-corrected chi connectivity index (χ3v) is 11.7. The summed E-state index contributed by atoms with van der Waals surface area (Å²) in [7, 11) is 1.57. The summed E-state index contributed by atoms with van der Waals surface area (Å²) in [5.74, 6) is 1.28. The molecule has 1 saturated carbocycles. The number of nitrogens with zero attached hydrogens (tertiary/aromatic N) is 7. The van der Waals surface area contributed by atoms with Gasteiger partial charge in [0.2, 0.25) is 18.2 Å². The van der Waals surface area contributed by atoms with Crippen LogP contribution in [0, 0.1) is 5.92 Å². The molecule has 0 radical (unpaired) electrons. The number of carbonyl (C=O) groups excluding carboxylic acids is 4. The molecule has 4 amide bonds. The van der Waals surface area contributed by atoms with E-state index in [2.05, 4.69) is 31.8 Å². The Bertz CT molecular complexity index is 2290. The molecule has 0 bridgehead atoms. The van der Waals surface area contributed by atoms with E-state index in [4.69, 9.17) is 14.5 Å². The van der Waals surface area contributed by atoms with Gasteiger partial charge in [0, 0.05) is 49.7 Å². The summed E-state index contributed by atoms with van der Waals surface area (Å²) >= 11 is 0. The van der Waals surface area contributed by atoms with Crippen molar-refractivity contribution in [3.05, 3.63) is 78.1 Å². The zero-order valence-electron chi connectivity index (χ0n) is 32.6. The highest BCUT2D eigenvalue weighted by molar-refractivity contribution is 6.08. The zero-order valence-corrected chi connectivity index (χ0v) is 32.6. The van der Waals surface area contributed by atoms with E-state index in [9.17, 15) is 19.2 Å². The molecule has 2 saturated heterocycles. The lowest BCUT2D eigenvalue weighted by molar-refractivity contribution is -0.134. The predicted octanol–water partition coefficient (Wildman–Crippen LogP) is 5.35. The second kappa shape index (κ2) is 16.3. The van der Waals surface area contributed by atoms with Crippen LogP contribution in [-0.4, -0.2) is 91.9 Å². The molecule has 2 aliphatic heterocycles. The first-order valence-corrected chi connectivity index (χ1v) is 19.9. The molecular weight excluding hydrogens is 727 g/mol. The van der Waals surface area contributed by atoms with Gasteiger partial charge in [0.15, 0.2) is 5.65 Å². The lowest BCUT2D eigenvalue weighted by Crippen LogP contribution is -2.52. The number of likely N-dealkylation sites (tertiary alicyclic amines) is 1. The van der Waals surface area contributed by atoms with Gasteiger partial charge >= 0.3 is 0 Å². The maximum atomic E-state index is 13.6. The van der Waals surface area contributed by atoms with Gasteiger partial charge in [-0.25, -0.2) is 14.5 Å². The Morgan fingerprint density at radius 3 is 2.58 bits per heavy atom. The first-order valence-electron chi connectivity index (χ1n) is 19.9. The number of benzene rings is 1. The van der Waals surface area contributed by atoms with Crippen LogP contribution < -0.4 is 25.0 Å². The second-order valence-corrected chi connectivity index (χ2v) is 15.8. The van der Waals surface area contributed by atoms with Gasteiger partial charge in [0.05, 0.1) is 36.4 Å². The van der Waals surface area contributed by atoms with Crippen LogP contribution in [0.2, 0.25) is 0 Å². The van der Waals surface area contributed by atoms with Crippen LogP contribution >= 0.6 is 0 Å². The number of imidazole rings is 1. The number of nitrogens with one attached hydrogen (secondary N) is 2. The molecule has 3 fully saturated rings. The van der Waals surface area contributed by atoms with Crippen molar-refractivity contribution >= 4 is 46.8 Å². The Balaban J connectivity index is 0.863. The minimum atomic E-state index is -0.752. The van der Waals surface area contributed by atoms with Crippen molar-refractivity contribution in [2.45, 2.75) is 89.2 Å². The maximum absolute atomic E-state index is 13.6. The molecule has 3 aliphatic rings. The van der Waals surface area contributed by atoms with Crippen molar-refractivity contribution in [1.82, 2.24) is 34.2 Å². The molecule has 6 heterocycles. The fraction of sp³-hybridized carbons (Fsp3) is 0.452. The molecule has 2 N–H and O–H groups in total. The van der Waals surface area contributed by atoms with Gasteiger partial charge in [0.25, 0.3) is 5.91 Å². The summed E-state index contributed by atoms with van der Waals surface area (Å²) in [5, 5.41) is 9.59. The van der Waals surface area contributed by atoms with E-state index in [1.165, 1.54) is 4.90 Å². The highest BCUT2D eigenvalue weighted by Crippen LogP contribution is 2.39. The highest BCUT2D eigenvalue weighted by atomic mass is 16.5. The third kappa shape index (κ3) is 8.06. The van der Waals surface area contributed by atoms with Crippen LogP contribution in [0.1, 0.15) is 98.7 Å². The first kappa shape index (κ1) is 38.1. The summed E-state index contributed by atoms with van der Waals surface area (Å²) in [6.07, 6.45) is 16.4. The summed E-state index contributed by atoms with van der Waals surface area (Å²) < 4.78 is 15.4. The molecule has 57 heavy (non-hydrogen) atoms. The molecule has 8 rings (SSSR count). The Morgan fingerprint density at radius 2 is 1.84 bits per heavy atom. The van der Waals surface area contributed by atoms with Crippen LogP contribution in [0.5, 0.6) is 11.5 Å². The Hall–Kier alpha value is -5.83. The van der Waals surface area contributed by atoms with E-state index in [1.807, 2.05) is 42.5 Å². The number of imide groups is 1. The number of piperidine rings is 2. The van der Waals surface area contributed by atoms with Crippen LogP contribution in [0.3, 0.4) is 0 Å². The molecular formula is C42H49N9O6. The number of amides is 4. The fourth-order valence-corrected chi connectivity index (χ4v) is 8.72. The molecule has 1 unspecified atom stereocenters. The monoisotopic (exact) mass is 775 g/mol. The number of hydrogen-bond donors (Lipinski definition) is 2. The average Bonchev–Trinajstić information content (AvgIpc) is 3.83. The topological polar surface area (TPSA) is 165 Å². The smallest absolute Gasteiger partial charge is 0.261 e. The number of aromatic nitrogens is 5. The SMILES string of the molecule is COc1cc(C2CCN(CC3CCC(c4cn5cc(C(=O)Nc6cnn7cccnc67)c(OC(C)C)cc5n4)CC3)CC2)ccc1N(C=O)C1CCC(=O)NC1=O. The Kier molecular flexibility index (Phi) is 10.9. The summed E-state index contributed by atoms with van der Waals surface area (Å²) in [5.41, 5.74) is 4.98. The highest BCUT2D eigenvalue weighted by Gasteiger charge is 2.34. The lowest BCUT2D eigenvalue weighted by atomic mass is 9.80. The largest absolute Gasteiger partial charge is 0.495 e. The zero-order chi connectivity index (χ0) is 39.6. The van der Waals surface area contributed by atoms with E-state index < -0.39 is 11.9 Å². The molecule has 5 aromatic rings.